The first-order valence-electron chi connectivity index (χ1n) is 10.6. The van der Waals surface area contributed by atoms with Gasteiger partial charge in [0.15, 0.2) is 6.61 Å². The van der Waals surface area contributed by atoms with Gasteiger partial charge < -0.3 is 15.0 Å². The number of carbonyl (C=O) groups is 2. The second-order valence-electron chi connectivity index (χ2n) is 8.00. The zero-order chi connectivity index (χ0) is 22.3. The minimum Gasteiger partial charge on any atom is -0.483 e. The smallest absolute Gasteiger partial charge is 0.261 e. The lowest BCUT2D eigenvalue weighted by Crippen LogP contribution is -2.50. The van der Waals surface area contributed by atoms with Gasteiger partial charge in [0.1, 0.15) is 11.8 Å². The van der Waals surface area contributed by atoms with Gasteiger partial charge >= 0.3 is 0 Å². The van der Waals surface area contributed by atoms with Crippen LogP contribution in [0.5, 0.6) is 5.75 Å². The molecule has 0 unspecified atom stereocenters. The van der Waals surface area contributed by atoms with Crippen LogP contribution in [0.2, 0.25) is 0 Å². The lowest BCUT2D eigenvalue weighted by molar-refractivity contribution is -0.142. The molecule has 2 aromatic carbocycles. The third kappa shape index (κ3) is 6.34. The Kier molecular flexibility index (Phi) is 8.46. The summed E-state index contributed by atoms with van der Waals surface area (Å²) in [7, 11) is 0. The van der Waals surface area contributed by atoms with Crippen LogP contribution < -0.4 is 10.1 Å². The van der Waals surface area contributed by atoms with E-state index in [2.05, 4.69) is 5.32 Å². The van der Waals surface area contributed by atoms with E-state index >= 15 is 0 Å². The molecular formula is C25H34N2O3. The summed E-state index contributed by atoms with van der Waals surface area (Å²) < 4.78 is 5.81. The number of amides is 2. The highest BCUT2D eigenvalue weighted by Crippen LogP contribution is 2.19. The Morgan fingerprint density at radius 3 is 2.37 bits per heavy atom. The van der Waals surface area contributed by atoms with E-state index in [1.807, 2.05) is 77.1 Å². The van der Waals surface area contributed by atoms with Gasteiger partial charge in [0.05, 0.1) is 0 Å². The molecule has 0 aromatic heterocycles. The third-order valence-electron chi connectivity index (χ3n) is 5.45. The second-order valence-corrected chi connectivity index (χ2v) is 8.00. The first-order chi connectivity index (χ1) is 14.2. The molecule has 5 heteroatoms. The van der Waals surface area contributed by atoms with Gasteiger partial charge in [0, 0.05) is 12.6 Å². The molecule has 0 bridgehead atoms. The molecule has 0 saturated heterocycles. The van der Waals surface area contributed by atoms with Crippen molar-refractivity contribution in [2.45, 2.75) is 66.6 Å². The first-order valence-corrected chi connectivity index (χ1v) is 10.6. The van der Waals surface area contributed by atoms with E-state index in [4.69, 9.17) is 4.74 Å². The normalized spacial score (nSPS) is 12.7. The lowest BCUT2D eigenvalue weighted by Gasteiger charge is -2.30. The quantitative estimate of drug-likeness (QED) is 0.670. The van der Waals surface area contributed by atoms with E-state index in [-0.39, 0.29) is 24.5 Å². The maximum absolute atomic E-state index is 13.1. The average molecular weight is 411 g/mol. The summed E-state index contributed by atoms with van der Waals surface area (Å²) in [5, 5.41) is 2.98. The number of hydrogen-bond acceptors (Lipinski definition) is 3. The van der Waals surface area contributed by atoms with Crippen LogP contribution in [0.25, 0.3) is 0 Å². The average Bonchev–Trinajstić information content (AvgIpc) is 2.71. The van der Waals surface area contributed by atoms with Crippen LogP contribution in [-0.4, -0.2) is 35.4 Å². The van der Waals surface area contributed by atoms with Gasteiger partial charge in [0.25, 0.3) is 5.91 Å². The molecule has 2 atom stereocenters. The van der Waals surface area contributed by atoms with Crippen LogP contribution in [0.15, 0.2) is 42.5 Å². The van der Waals surface area contributed by atoms with E-state index in [1.165, 1.54) is 0 Å². The Morgan fingerprint density at radius 1 is 1.03 bits per heavy atom. The molecule has 0 aliphatic heterocycles. The second kappa shape index (κ2) is 10.8. The van der Waals surface area contributed by atoms with Crippen LogP contribution in [0.3, 0.4) is 0 Å². The summed E-state index contributed by atoms with van der Waals surface area (Å²) in [6.07, 6.45) is 0.833. The maximum atomic E-state index is 13.1. The molecule has 0 fully saturated rings. The molecule has 0 aliphatic rings. The molecule has 0 aliphatic carbocycles. The lowest BCUT2D eigenvalue weighted by atomic mass is 10.1. The van der Waals surface area contributed by atoms with E-state index in [1.54, 1.807) is 11.8 Å². The fourth-order valence-electron chi connectivity index (χ4n) is 3.20. The van der Waals surface area contributed by atoms with E-state index in [9.17, 15) is 9.59 Å². The number of nitrogens with zero attached hydrogens (tertiary/aromatic N) is 1. The molecule has 2 amide bonds. The maximum Gasteiger partial charge on any atom is 0.261 e. The predicted molar refractivity (Wildman–Crippen MR) is 120 cm³/mol. The molecule has 2 rings (SSSR count). The van der Waals surface area contributed by atoms with Crippen molar-refractivity contribution in [2.75, 3.05) is 6.61 Å². The van der Waals surface area contributed by atoms with Crippen molar-refractivity contribution < 1.29 is 14.3 Å². The first kappa shape index (κ1) is 23.5. The molecule has 30 heavy (non-hydrogen) atoms. The Labute approximate surface area is 180 Å². The number of benzene rings is 2. The van der Waals surface area contributed by atoms with Crippen molar-refractivity contribution >= 4 is 11.8 Å². The minimum atomic E-state index is -0.603. The molecule has 0 spiro atoms. The molecular weight excluding hydrogens is 376 g/mol. The fraction of sp³-hybridized carbons (Fsp3) is 0.440. The third-order valence-corrected chi connectivity index (χ3v) is 5.45. The van der Waals surface area contributed by atoms with Crippen LogP contribution in [-0.2, 0) is 16.1 Å². The van der Waals surface area contributed by atoms with Crippen molar-refractivity contribution in [2.24, 2.45) is 0 Å². The monoisotopic (exact) mass is 410 g/mol. The van der Waals surface area contributed by atoms with Crippen LogP contribution in [0.1, 0.15) is 49.4 Å². The van der Waals surface area contributed by atoms with E-state index < -0.39 is 6.04 Å². The molecule has 0 heterocycles. The molecule has 162 valence electrons. The summed E-state index contributed by atoms with van der Waals surface area (Å²) in [5.74, 6) is 0.310. The van der Waals surface area contributed by atoms with Crippen molar-refractivity contribution in [3.05, 3.63) is 64.7 Å². The van der Waals surface area contributed by atoms with E-state index in [0.717, 1.165) is 28.7 Å². The Morgan fingerprint density at radius 2 is 1.73 bits per heavy atom. The topological polar surface area (TPSA) is 58.6 Å². The zero-order valence-electron chi connectivity index (χ0n) is 19.0. The van der Waals surface area contributed by atoms with Gasteiger partial charge in [0.2, 0.25) is 5.91 Å². The van der Waals surface area contributed by atoms with Gasteiger partial charge in [-0.1, -0.05) is 48.9 Å². The molecule has 5 nitrogen and oxygen atoms in total. The summed E-state index contributed by atoms with van der Waals surface area (Å²) in [6, 6.07) is 13.2. The molecule has 0 radical (unpaired) electrons. The Balaban J connectivity index is 2.19. The minimum absolute atomic E-state index is 0.0572. The van der Waals surface area contributed by atoms with Gasteiger partial charge in [-0.25, -0.2) is 0 Å². The van der Waals surface area contributed by atoms with Crippen LogP contribution in [0, 0.1) is 20.8 Å². The highest BCUT2D eigenvalue weighted by atomic mass is 16.5. The van der Waals surface area contributed by atoms with Gasteiger partial charge in [-0.2, -0.15) is 0 Å². The largest absolute Gasteiger partial charge is 0.483 e. The predicted octanol–water partition coefficient (Wildman–Crippen LogP) is 4.32. The standard InChI is InChI=1S/C25H34N2O3/c1-7-20(5)26-25(29)21(6)27(15-22-11-9-8-10-18(22)3)24(28)16-30-23-13-12-17(2)14-19(23)4/h8-14,20-21H,7,15-16H2,1-6H3,(H,26,29)/t20-,21-/m1/s1. The summed E-state index contributed by atoms with van der Waals surface area (Å²) in [4.78, 5) is 27.5. The van der Waals surface area contributed by atoms with Crippen molar-refractivity contribution in [1.29, 1.82) is 0 Å². The van der Waals surface area contributed by atoms with Gasteiger partial charge in [-0.15, -0.1) is 0 Å². The SMILES string of the molecule is CC[C@@H](C)NC(=O)[C@@H](C)N(Cc1ccccc1C)C(=O)COc1ccc(C)cc1C. The van der Waals surface area contributed by atoms with Crippen molar-refractivity contribution in [3.63, 3.8) is 0 Å². The molecule has 0 saturated carbocycles. The van der Waals surface area contributed by atoms with E-state index in [0.29, 0.717) is 12.3 Å². The molecule has 2 aromatic rings. The van der Waals surface area contributed by atoms with Crippen molar-refractivity contribution in [3.8, 4) is 5.75 Å². The van der Waals surface area contributed by atoms with Crippen LogP contribution >= 0.6 is 0 Å². The number of nitrogens with one attached hydrogen (secondary N) is 1. The van der Waals surface area contributed by atoms with Crippen molar-refractivity contribution in [1.82, 2.24) is 10.2 Å². The highest BCUT2D eigenvalue weighted by Gasteiger charge is 2.27. The number of aryl methyl sites for hydroxylation is 3. The number of ether oxygens (including phenoxy) is 1. The number of carbonyl (C=O) groups excluding carboxylic acids is 2. The molecule has 1 N–H and O–H groups in total. The van der Waals surface area contributed by atoms with Gasteiger partial charge in [-0.3, -0.25) is 9.59 Å². The number of hydrogen-bond donors (Lipinski definition) is 1. The number of rotatable bonds is 9. The Hall–Kier alpha value is -2.82. The summed E-state index contributed by atoms with van der Waals surface area (Å²) in [6.45, 7) is 12.0. The van der Waals surface area contributed by atoms with Gasteiger partial charge in [-0.05, 0) is 63.8 Å². The Bertz CT molecular complexity index is 878. The fourth-order valence-corrected chi connectivity index (χ4v) is 3.20. The summed E-state index contributed by atoms with van der Waals surface area (Å²) in [5.41, 5.74) is 4.22. The summed E-state index contributed by atoms with van der Waals surface area (Å²) >= 11 is 0. The van der Waals surface area contributed by atoms with Crippen LogP contribution in [0.4, 0.5) is 0 Å². The zero-order valence-corrected chi connectivity index (χ0v) is 19.0. The highest BCUT2D eigenvalue weighted by molar-refractivity contribution is 5.88.